The van der Waals surface area contributed by atoms with Gasteiger partial charge in [-0.2, -0.15) is 5.26 Å². The topological polar surface area (TPSA) is 85.6 Å². The summed E-state index contributed by atoms with van der Waals surface area (Å²) in [5.41, 5.74) is 3.20. The van der Waals surface area contributed by atoms with Crippen LogP contribution in [-0.4, -0.2) is 36.9 Å². The number of carbonyl (C=O) groups is 1. The van der Waals surface area contributed by atoms with Crippen LogP contribution in [-0.2, 0) is 9.53 Å². The molecule has 6 nitrogen and oxygen atoms in total. The maximum Gasteiger partial charge on any atom is 0.303 e. The van der Waals surface area contributed by atoms with Gasteiger partial charge in [-0.3, -0.25) is 4.79 Å². The van der Waals surface area contributed by atoms with Crippen LogP contribution in [0, 0.1) is 17.1 Å². The molecule has 0 amide bonds. The molecule has 0 bridgehead atoms. The molecule has 0 aromatic heterocycles. The summed E-state index contributed by atoms with van der Waals surface area (Å²) in [5, 5.41) is 21.7. The molecule has 1 atom stereocenters. The fraction of sp³-hybridized carbons (Fsp3) is 0.440. The monoisotopic (exact) mass is 439 g/mol. The average molecular weight is 440 g/mol. The third-order valence-electron chi connectivity index (χ3n) is 6.04. The Bertz CT molecular complexity index is 966. The molecule has 1 fully saturated rings. The number of anilines is 3. The Hall–Kier alpha value is -3.11. The zero-order valence-electron chi connectivity index (χ0n) is 18.6. The number of nitriles is 1. The summed E-state index contributed by atoms with van der Waals surface area (Å²) >= 11 is 0. The number of hydrogen-bond donors (Lipinski definition) is 2. The Morgan fingerprint density at radius 2 is 1.97 bits per heavy atom. The van der Waals surface area contributed by atoms with Crippen molar-refractivity contribution in [1.29, 1.82) is 5.26 Å². The highest BCUT2D eigenvalue weighted by Crippen LogP contribution is 2.38. The fourth-order valence-corrected chi connectivity index (χ4v) is 4.32. The van der Waals surface area contributed by atoms with Crippen molar-refractivity contribution < 1.29 is 19.0 Å². The van der Waals surface area contributed by atoms with Crippen LogP contribution in [0.4, 0.5) is 21.5 Å². The van der Waals surface area contributed by atoms with Crippen molar-refractivity contribution in [2.45, 2.75) is 51.5 Å². The summed E-state index contributed by atoms with van der Waals surface area (Å²) in [5.74, 6) is -1.75. The Morgan fingerprint density at radius 1 is 1.28 bits per heavy atom. The molecule has 1 saturated heterocycles. The van der Waals surface area contributed by atoms with E-state index >= 15 is 4.39 Å². The van der Waals surface area contributed by atoms with Crippen LogP contribution in [0.5, 0.6) is 0 Å². The number of carboxylic acids is 1. The molecule has 1 unspecified atom stereocenters. The number of hydrogen-bond acceptors (Lipinski definition) is 5. The van der Waals surface area contributed by atoms with Crippen LogP contribution in [0.15, 0.2) is 36.4 Å². The van der Waals surface area contributed by atoms with Gasteiger partial charge in [-0.05, 0) is 74.1 Å². The Labute approximate surface area is 188 Å². The van der Waals surface area contributed by atoms with Gasteiger partial charge in [-0.25, -0.2) is 4.39 Å². The van der Waals surface area contributed by atoms with Crippen LogP contribution < -0.4 is 10.2 Å². The lowest BCUT2D eigenvalue weighted by Crippen LogP contribution is -2.39. The Morgan fingerprint density at radius 3 is 2.53 bits per heavy atom. The molecule has 2 N–H and O–H groups in total. The summed E-state index contributed by atoms with van der Waals surface area (Å²) in [6.07, 6.45) is 2.13. The van der Waals surface area contributed by atoms with E-state index in [1.54, 1.807) is 18.2 Å². The van der Waals surface area contributed by atoms with Gasteiger partial charge in [0.1, 0.15) is 5.82 Å². The van der Waals surface area contributed by atoms with Crippen LogP contribution in [0.1, 0.15) is 56.6 Å². The van der Waals surface area contributed by atoms with Gasteiger partial charge in [0.2, 0.25) is 0 Å². The highest BCUT2D eigenvalue weighted by molar-refractivity contribution is 5.77. The number of nitrogens with zero attached hydrogens (tertiary/aromatic N) is 2. The van der Waals surface area contributed by atoms with Gasteiger partial charge >= 0.3 is 5.97 Å². The molecule has 32 heavy (non-hydrogen) atoms. The Kier molecular flexibility index (Phi) is 8.07. The molecule has 0 radical (unpaired) electrons. The van der Waals surface area contributed by atoms with E-state index < -0.39 is 11.9 Å². The molecule has 1 heterocycles. The lowest BCUT2D eigenvalue weighted by molar-refractivity contribution is -0.137. The van der Waals surface area contributed by atoms with Crippen molar-refractivity contribution >= 4 is 23.0 Å². The van der Waals surface area contributed by atoms with Gasteiger partial charge in [0.25, 0.3) is 0 Å². The van der Waals surface area contributed by atoms with Crippen molar-refractivity contribution in [3.63, 3.8) is 0 Å². The number of benzene rings is 2. The van der Waals surface area contributed by atoms with E-state index in [2.05, 4.69) is 16.3 Å². The SMILES string of the molecule is CCC(CC(=O)O)c1cc(Nc2ccc(C#N)cc2)c(N(CC)C2CCOCC2)cc1F. The number of rotatable bonds is 9. The summed E-state index contributed by atoms with van der Waals surface area (Å²) in [6, 6.07) is 12.7. The van der Waals surface area contributed by atoms with Crippen LogP contribution >= 0.6 is 0 Å². The molecule has 0 spiro atoms. The van der Waals surface area contributed by atoms with Crippen LogP contribution in [0.2, 0.25) is 0 Å². The van der Waals surface area contributed by atoms with Gasteiger partial charge in [0, 0.05) is 31.5 Å². The minimum absolute atomic E-state index is 0.124. The van der Waals surface area contributed by atoms with Gasteiger partial charge in [-0.15, -0.1) is 0 Å². The third kappa shape index (κ3) is 5.57. The number of carboxylic acid groups (broad SMARTS) is 1. The standard InChI is InChI=1S/C25H30FN3O3/c1-3-18(13-25(30)31)21-14-23(28-19-7-5-17(16-27)6-8-19)24(15-22(21)26)29(4-2)20-9-11-32-12-10-20/h5-8,14-15,18,20,28H,3-4,9-13H2,1-2H3,(H,30,31). The summed E-state index contributed by atoms with van der Waals surface area (Å²) < 4.78 is 20.8. The van der Waals surface area contributed by atoms with Crippen LogP contribution in [0.25, 0.3) is 0 Å². The van der Waals surface area contributed by atoms with Crippen molar-refractivity contribution in [3.05, 3.63) is 53.3 Å². The second-order valence-electron chi connectivity index (χ2n) is 8.04. The second-order valence-corrected chi connectivity index (χ2v) is 8.04. The van der Waals surface area contributed by atoms with E-state index in [1.807, 2.05) is 26.0 Å². The highest BCUT2D eigenvalue weighted by Gasteiger charge is 2.26. The fourth-order valence-electron chi connectivity index (χ4n) is 4.32. The van der Waals surface area contributed by atoms with E-state index in [9.17, 15) is 9.90 Å². The van der Waals surface area contributed by atoms with Gasteiger partial charge < -0.3 is 20.1 Å². The molecule has 3 rings (SSSR count). The molecule has 1 aliphatic heterocycles. The maximum absolute atomic E-state index is 15.3. The normalized spacial score (nSPS) is 15.1. The first kappa shape index (κ1) is 23.6. The van der Waals surface area contributed by atoms with Gasteiger partial charge in [0.15, 0.2) is 0 Å². The number of nitrogens with one attached hydrogen (secondary N) is 1. The molecule has 0 saturated carbocycles. The first-order valence-corrected chi connectivity index (χ1v) is 11.1. The second kappa shape index (κ2) is 11.0. The highest BCUT2D eigenvalue weighted by atomic mass is 19.1. The first-order chi connectivity index (χ1) is 15.5. The molecule has 1 aliphatic rings. The first-order valence-electron chi connectivity index (χ1n) is 11.1. The minimum Gasteiger partial charge on any atom is -0.481 e. The van der Waals surface area contributed by atoms with Crippen molar-refractivity contribution in [2.24, 2.45) is 0 Å². The molecule has 2 aromatic rings. The van der Waals surface area contributed by atoms with E-state index in [0.717, 1.165) is 29.9 Å². The lowest BCUT2D eigenvalue weighted by Gasteiger charge is -2.37. The number of halogens is 1. The van der Waals surface area contributed by atoms with E-state index in [4.69, 9.17) is 10.00 Å². The van der Waals surface area contributed by atoms with Gasteiger partial charge in [-0.1, -0.05) is 6.92 Å². The van der Waals surface area contributed by atoms with Crippen molar-refractivity contribution in [3.8, 4) is 6.07 Å². The summed E-state index contributed by atoms with van der Waals surface area (Å²) in [7, 11) is 0. The molecular weight excluding hydrogens is 409 g/mol. The van der Waals surface area contributed by atoms with E-state index in [-0.39, 0.29) is 18.3 Å². The number of ether oxygens (including phenoxy) is 1. The zero-order chi connectivity index (χ0) is 23.1. The predicted molar refractivity (Wildman–Crippen MR) is 123 cm³/mol. The zero-order valence-corrected chi connectivity index (χ0v) is 18.6. The Balaban J connectivity index is 2.05. The van der Waals surface area contributed by atoms with Crippen molar-refractivity contribution in [2.75, 3.05) is 30.0 Å². The summed E-state index contributed by atoms with van der Waals surface area (Å²) in [6.45, 7) is 5.98. The number of aliphatic carboxylic acids is 1. The van der Waals surface area contributed by atoms with E-state index in [1.165, 1.54) is 6.07 Å². The average Bonchev–Trinajstić information content (AvgIpc) is 2.80. The maximum atomic E-state index is 15.3. The molecular formula is C25H30FN3O3. The minimum atomic E-state index is -0.945. The lowest BCUT2D eigenvalue weighted by atomic mass is 9.91. The van der Waals surface area contributed by atoms with Gasteiger partial charge in [0.05, 0.1) is 29.4 Å². The van der Waals surface area contributed by atoms with E-state index in [0.29, 0.717) is 37.3 Å². The van der Waals surface area contributed by atoms with Crippen molar-refractivity contribution in [1.82, 2.24) is 0 Å². The smallest absolute Gasteiger partial charge is 0.303 e. The molecule has 7 heteroatoms. The quantitative estimate of drug-likeness (QED) is 0.543. The largest absolute Gasteiger partial charge is 0.481 e. The molecule has 0 aliphatic carbocycles. The summed E-state index contributed by atoms with van der Waals surface area (Å²) in [4.78, 5) is 13.5. The third-order valence-corrected chi connectivity index (χ3v) is 6.04. The van der Waals surface area contributed by atoms with Crippen LogP contribution in [0.3, 0.4) is 0 Å². The molecule has 2 aromatic carbocycles. The molecule has 170 valence electrons. The predicted octanol–water partition coefficient (Wildman–Crippen LogP) is 5.41.